The van der Waals surface area contributed by atoms with Gasteiger partial charge in [-0.15, -0.1) is 0 Å². The van der Waals surface area contributed by atoms with Gasteiger partial charge in [-0.3, -0.25) is 19.2 Å². The summed E-state index contributed by atoms with van der Waals surface area (Å²) >= 11 is 0. The summed E-state index contributed by atoms with van der Waals surface area (Å²) in [5, 5.41) is 98.7. The lowest BCUT2D eigenvalue weighted by molar-refractivity contribution is -0.400. The first-order chi connectivity index (χ1) is 28.0. The van der Waals surface area contributed by atoms with E-state index in [4.69, 9.17) is 42.6 Å². The van der Waals surface area contributed by atoms with Crippen LogP contribution in [0.2, 0.25) is 0 Å². The minimum Gasteiger partial charge on any atom is -0.388 e. The topological polar surface area (TPSA) is 361 Å². The molecule has 0 spiro atoms. The van der Waals surface area contributed by atoms with Gasteiger partial charge in [0.05, 0.1) is 54.7 Å². The number of hydrogen-bond acceptors (Lipinski definition) is 21. The van der Waals surface area contributed by atoms with Crippen molar-refractivity contribution in [3.05, 3.63) is 0 Å². The van der Waals surface area contributed by atoms with Crippen LogP contribution in [-0.2, 0) is 61.8 Å². The Bertz CT molecular complexity index is 1390. The molecule has 5 aliphatic rings. The summed E-state index contributed by atoms with van der Waals surface area (Å²) in [5.41, 5.74) is 0. The summed E-state index contributed by atoms with van der Waals surface area (Å²) in [4.78, 5) is 45.5. The monoisotopic (exact) mass is 856 g/mol. The molecule has 0 aromatic heterocycles. The number of hydrogen-bond donors (Lipinski definition) is 12. The van der Waals surface area contributed by atoms with Crippen LogP contribution in [0.3, 0.4) is 0 Å². The molecule has 0 aliphatic carbocycles. The highest BCUT2D eigenvalue weighted by Gasteiger charge is 2.56. The Kier molecular flexibility index (Phi) is 16.3. The van der Waals surface area contributed by atoms with E-state index >= 15 is 0 Å². The Morgan fingerprint density at radius 2 is 0.661 bits per heavy atom. The first-order valence-electron chi connectivity index (χ1n) is 19.1. The highest BCUT2D eigenvalue weighted by Crippen LogP contribution is 2.36. The third kappa shape index (κ3) is 9.97. The molecule has 0 saturated carbocycles. The minimum absolute atomic E-state index is 0.292. The van der Waals surface area contributed by atoms with Crippen molar-refractivity contribution in [3.63, 3.8) is 0 Å². The molecule has 1 unspecified atom stereocenters. The van der Waals surface area contributed by atoms with Crippen molar-refractivity contribution in [1.29, 1.82) is 0 Å². The predicted octanol–water partition coefficient (Wildman–Crippen LogP) is -7.77. The van der Waals surface area contributed by atoms with E-state index in [0.29, 0.717) is 25.6 Å². The van der Waals surface area contributed by atoms with Crippen LogP contribution in [0.1, 0.15) is 34.6 Å². The minimum atomic E-state index is -1.88. The molecule has 5 heterocycles. The molecular formula is C34H56N4O21. The third-order valence-corrected chi connectivity index (χ3v) is 11.3. The van der Waals surface area contributed by atoms with Gasteiger partial charge >= 0.3 is 0 Å². The zero-order valence-electron chi connectivity index (χ0n) is 32.6. The van der Waals surface area contributed by atoms with E-state index in [9.17, 15) is 60.0 Å². The van der Waals surface area contributed by atoms with Crippen molar-refractivity contribution in [2.24, 2.45) is 0 Å². The fraction of sp³-hybridized carbons (Fsp3) is 0.882. The van der Waals surface area contributed by atoms with Crippen LogP contribution in [0.25, 0.3) is 0 Å². The van der Waals surface area contributed by atoms with Crippen LogP contribution < -0.4 is 21.3 Å². The number of rotatable bonds is 16. The van der Waals surface area contributed by atoms with Crippen molar-refractivity contribution in [2.45, 2.75) is 188 Å². The summed E-state index contributed by atoms with van der Waals surface area (Å²) in [5.74, 6) is 0. The Morgan fingerprint density at radius 1 is 0.356 bits per heavy atom. The Hall–Kier alpha value is -2.80. The molecule has 0 bridgehead atoms. The van der Waals surface area contributed by atoms with E-state index in [0.717, 1.165) is 0 Å². The fourth-order valence-corrected chi connectivity index (χ4v) is 7.99. The number of aliphatic hydroxyl groups excluding tert-OH is 8. The van der Waals surface area contributed by atoms with E-state index in [1.807, 2.05) is 0 Å². The van der Waals surface area contributed by atoms with E-state index in [1.165, 1.54) is 34.6 Å². The Balaban J connectivity index is 1.45. The Labute approximate surface area is 337 Å². The van der Waals surface area contributed by atoms with Gasteiger partial charge in [0.15, 0.2) is 31.5 Å². The summed E-state index contributed by atoms with van der Waals surface area (Å²) in [6, 6.07) is -4.47. The molecule has 5 fully saturated rings. The van der Waals surface area contributed by atoms with Gasteiger partial charge in [-0.25, -0.2) is 0 Å². The number of carbonyl (C=O) groups is 4. The molecule has 5 rings (SSSR count). The van der Waals surface area contributed by atoms with Crippen LogP contribution >= 0.6 is 0 Å². The molecule has 5 saturated heterocycles. The first-order valence-corrected chi connectivity index (χ1v) is 19.1. The molecule has 25 nitrogen and oxygen atoms in total. The highest BCUT2D eigenvalue weighted by molar-refractivity contribution is 5.48. The van der Waals surface area contributed by atoms with Gasteiger partial charge < -0.3 is 105 Å². The van der Waals surface area contributed by atoms with Crippen molar-refractivity contribution in [1.82, 2.24) is 21.3 Å². The standard InChI is InChI=1S/C34H56N4O21/c1-10-16(36-7-40)21(45)26(30(50)51-10)56-32-28(23(47)18(38-9-42)12(3)53-32)58-34-29(24(48)19(43)14(5)55-34)59-33-27(22(46)17(37-8-41)13(4)54-33)57-31-25(49)20(44)15(35-6-39)11(2)52-31/h6-34,43-50H,1-5H3,(H,35,39)(H,36,40)(H,37,41)(H,38,42)/t10-,11-,12-,13-,14-,15-,16-,17-,18-,19-,20+,21+,22+,23+,24+,25+,26+,27+,28+,29+,30?,31-,32-,33-,34-/m1/s1. The second-order valence-electron chi connectivity index (χ2n) is 15.1. The molecule has 0 radical (unpaired) electrons. The lowest BCUT2D eigenvalue weighted by atomic mass is 9.94. The average Bonchev–Trinajstić information content (AvgIpc) is 3.18. The molecule has 59 heavy (non-hydrogen) atoms. The first kappa shape index (κ1) is 47.3. The molecule has 12 N–H and O–H groups in total. The molecule has 0 aromatic rings. The second kappa shape index (κ2) is 20.4. The van der Waals surface area contributed by atoms with E-state index < -0.39 is 153 Å². The fourth-order valence-electron chi connectivity index (χ4n) is 7.99. The molecule has 25 heteroatoms. The van der Waals surface area contributed by atoms with Crippen LogP contribution in [0.15, 0.2) is 0 Å². The van der Waals surface area contributed by atoms with Gasteiger partial charge in [0.2, 0.25) is 25.6 Å². The molecule has 0 aromatic carbocycles. The van der Waals surface area contributed by atoms with Crippen molar-refractivity contribution in [3.8, 4) is 0 Å². The summed E-state index contributed by atoms with van der Waals surface area (Å²) < 4.78 is 53.4. The maximum atomic E-state index is 11.6. The van der Waals surface area contributed by atoms with Crippen molar-refractivity contribution >= 4 is 25.6 Å². The molecule has 25 atom stereocenters. The van der Waals surface area contributed by atoms with Crippen LogP contribution in [0.5, 0.6) is 0 Å². The molecule has 5 aliphatic heterocycles. The predicted molar refractivity (Wildman–Crippen MR) is 187 cm³/mol. The molecule has 338 valence electrons. The number of ether oxygens (including phenoxy) is 9. The summed E-state index contributed by atoms with van der Waals surface area (Å²) in [6.07, 6.45) is -31.5. The second-order valence-corrected chi connectivity index (χ2v) is 15.1. The van der Waals surface area contributed by atoms with Crippen molar-refractivity contribution in [2.75, 3.05) is 0 Å². The van der Waals surface area contributed by atoms with Gasteiger partial charge in [0.1, 0.15) is 67.1 Å². The number of aliphatic hydroxyl groups is 8. The quantitative estimate of drug-likeness (QED) is 0.0642. The Morgan fingerprint density at radius 3 is 1.08 bits per heavy atom. The smallest absolute Gasteiger partial charge is 0.207 e. The maximum Gasteiger partial charge on any atom is 0.207 e. The lowest BCUT2D eigenvalue weighted by Crippen LogP contribution is -2.69. The number of carbonyl (C=O) groups excluding carboxylic acids is 4. The van der Waals surface area contributed by atoms with Crippen LogP contribution in [-0.4, -0.2) is 220 Å². The van der Waals surface area contributed by atoms with Gasteiger partial charge in [-0.05, 0) is 34.6 Å². The lowest BCUT2D eigenvalue weighted by Gasteiger charge is -2.50. The molecule has 4 amide bonds. The SMILES string of the molecule is C[C@H]1O[C@H](O[C@@H]2[C@@H](O[C@@H]3C(O)O[C@H](C)[C@@H](NC=O)[C@@H]3O)O[C@H](C)[C@@H](NC=O)[C@@H]2O)[C@@H](O[C@H]2O[C@H](C)[C@@H](NC=O)[C@H](O)[C@@H]2O[C@H]2O[C@H](C)[C@@H](NC=O)[C@H](O)[C@@H]2O)[C@@H](O)[C@@H]1O. The molecular weight excluding hydrogens is 800 g/mol. The average molecular weight is 857 g/mol. The zero-order valence-corrected chi connectivity index (χ0v) is 32.6. The van der Waals surface area contributed by atoms with Gasteiger partial charge in [0, 0.05) is 0 Å². The number of nitrogens with one attached hydrogen (secondary N) is 4. The maximum absolute atomic E-state index is 11.6. The van der Waals surface area contributed by atoms with Crippen LogP contribution in [0, 0.1) is 0 Å². The van der Waals surface area contributed by atoms with Crippen molar-refractivity contribution < 1.29 is 103 Å². The summed E-state index contributed by atoms with van der Waals surface area (Å²) in [7, 11) is 0. The highest BCUT2D eigenvalue weighted by atomic mass is 16.8. The normalized spacial score (nSPS) is 50.5. The largest absolute Gasteiger partial charge is 0.388 e. The van der Waals surface area contributed by atoms with E-state index in [2.05, 4.69) is 21.3 Å². The van der Waals surface area contributed by atoms with E-state index in [-0.39, 0.29) is 0 Å². The van der Waals surface area contributed by atoms with Gasteiger partial charge in [-0.1, -0.05) is 0 Å². The summed E-state index contributed by atoms with van der Waals surface area (Å²) in [6.45, 7) is 7.25. The van der Waals surface area contributed by atoms with Crippen LogP contribution in [0.4, 0.5) is 0 Å². The third-order valence-electron chi connectivity index (χ3n) is 11.3. The number of amides is 4. The van der Waals surface area contributed by atoms with Gasteiger partial charge in [0.25, 0.3) is 0 Å². The van der Waals surface area contributed by atoms with Gasteiger partial charge in [-0.2, -0.15) is 0 Å². The van der Waals surface area contributed by atoms with E-state index in [1.54, 1.807) is 0 Å². The zero-order chi connectivity index (χ0) is 43.5.